The van der Waals surface area contributed by atoms with E-state index in [1.165, 1.54) is 0 Å². The number of amides is 1. The van der Waals surface area contributed by atoms with Crippen LogP contribution in [0.3, 0.4) is 0 Å². The van der Waals surface area contributed by atoms with E-state index in [4.69, 9.17) is 4.74 Å². The number of carbonyl (C=O) groups excluding carboxylic acids is 1. The molecule has 2 N–H and O–H groups in total. The summed E-state index contributed by atoms with van der Waals surface area (Å²) in [5.41, 5.74) is 4.19. The van der Waals surface area contributed by atoms with Gasteiger partial charge in [-0.15, -0.1) is 0 Å². The standard InChI is InChI=1S/C25H30N6O2/c1-15(2)10-23-26-13-20-19(12-27-24(20)30-23)16-8-9-31-22(11-16)21(14-28-31)25(32)29-17-4-6-18(33-3)7-5-17/h8-9,11-15,17-18H,4-7,10H2,1-3H3,(H,29,32)(H,26,27,30). The third-order valence-corrected chi connectivity index (χ3v) is 6.49. The van der Waals surface area contributed by atoms with E-state index in [0.29, 0.717) is 17.6 Å². The largest absolute Gasteiger partial charge is 0.381 e. The Bertz CT molecular complexity index is 1280. The van der Waals surface area contributed by atoms with E-state index >= 15 is 0 Å². The van der Waals surface area contributed by atoms with Gasteiger partial charge in [0.2, 0.25) is 0 Å². The number of hydrogen-bond acceptors (Lipinski definition) is 5. The van der Waals surface area contributed by atoms with Crippen molar-refractivity contribution in [1.29, 1.82) is 0 Å². The Morgan fingerprint density at radius 2 is 2.09 bits per heavy atom. The summed E-state index contributed by atoms with van der Waals surface area (Å²) in [5.74, 6) is 1.26. The molecule has 8 nitrogen and oxygen atoms in total. The molecule has 172 valence electrons. The van der Waals surface area contributed by atoms with Crippen LogP contribution >= 0.6 is 0 Å². The van der Waals surface area contributed by atoms with Crippen LogP contribution in [0, 0.1) is 5.92 Å². The smallest absolute Gasteiger partial charge is 0.255 e. The molecule has 0 aromatic carbocycles. The van der Waals surface area contributed by atoms with Crippen molar-refractivity contribution in [2.24, 2.45) is 5.92 Å². The Hall–Kier alpha value is -3.26. The van der Waals surface area contributed by atoms with Gasteiger partial charge in [0.15, 0.2) is 0 Å². The van der Waals surface area contributed by atoms with E-state index < -0.39 is 0 Å². The third-order valence-electron chi connectivity index (χ3n) is 6.49. The van der Waals surface area contributed by atoms with E-state index in [2.05, 4.69) is 39.2 Å². The van der Waals surface area contributed by atoms with Crippen molar-refractivity contribution >= 4 is 22.5 Å². The van der Waals surface area contributed by atoms with Crippen LogP contribution < -0.4 is 5.32 Å². The summed E-state index contributed by atoms with van der Waals surface area (Å²) in [7, 11) is 1.75. The van der Waals surface area contributed by atoms with E-state index in [1.807, 2.05) is 30.7 Å². The van der Waals surface area contributed by atoms with Crippen LogP contribution in [0.4, 0.5) is 0 Å². The van der Waals surface area contributed by atoms with Crippen molar-refractivity contribution in [3.05, 3.63) is 48.3 Å². The number of aromatic nitrogens is 5. The highest BCUT2D eigenvalue weighted by molar-refractivity contribution is 6.02. The van der Waals surface area contributed by atoms with Crippen molar-refractivity contribution in [3.63, 3.8) is 0 Å². The number of methoxy groups -OCH3 is 1. The first-order chi connectivity index (χ1) is 16.0. The molecule has 1 saturated carbocycles. The lowest BCUT2D eigenvalue weighted by Crippen LogP contribution is -2.38. The minimum absolute atomic E-state index is 0.0800. The third kappa shape index (κ3) is 4.35. The lowest BCUT2D eigenvalue weighted by atomic mass is 9.93. The van der Waals surface area contributed by atoms with Crippen LogP contribution in [-0.4, -0.2) is 49.7 Å². The first-order valence-electron chi connectivity index (χ1n) is 11.7. The first kappa shape index (κ1) is 21.6. The molecule has 0 bridgehead atoms. The number of nitrogens with one attached hydrogen (secondary N) is 2. The second kappa shape index (κ2) is 8.94. The second-order valence-corrected chi connectivity index (χ2v) is 9.34. The van der Waals surface area contributed by atoms with Crippen molar-refractivity contribution in [1.82, 2.24) is 29.9 Å². The maximum Gasteiger partial charge on any atom is 0.255 e. The molecule has 4 heterocycles. The van der Waals surface area contributed by atoms with Crippen LogP contribution in [0.15, 0.2) is 36.9 Å². The normalized spacial score (nSPS) is 18.9. The van der Waals surface area contributed by atoms with Crippen LogP contribution in [-0.2, 0) is 11.2 Å². The maximum absolute atomic E-state index is 13.1. The van der Waals surface area contributed by atoms with Crippen LogP contribution in [0.5, 0.6) is 0 Å². The average molecular weight is 447 g/mol. The molecule has 1 aliphatic rings. The summed E-state index contributed by atoms with van der Waals surface area (Å²) in [6, 6.07) is 4.18. The van der Waals surface area contributed by atoms with Crippen LogP contribution in [0.2, 0.25) is 0 Å². The van der Waals surface area contributed by atoms with Crippen molar-refractivity contribution in [2.45, 2.75) is 58.1 Å². The van der Waals surface area contributed by atoms with Gasteiger partial charge in [0.1, 0.15) is 11.5 Å². The Morgan fingerprint density at radius 1 is 1.27 bits per heavy atom. The monoisotopic (exact) mass is 446 g/mol. The van der Waals surface area contributed by atoms with E-state index in [0.717, 1.165) is 65.6 Å². The molecular formula is C25H30N6O2. The van der Waals surface area contributed by atoms with E-state index in [-0.39, 0.29) is 11.9 Å². The Morgan fingerprint density at radius 3 is 2.85 bits per heavy atom. The molecule has 4 aromatic rings. The number of pyridine rings is 1. The lowest BCUT2D eigenvalue weighted by Gasteiger charge is -2.28. The summed E-state index contributed by atoms with van der Waals surface area (Å²) in [4.78, 5) is 25.6. The highest BCUT2D eigenvalue weighted by Gasteiger charge is 2.24. The van der Waals surface area contributed by atoms with Crippen molar-refractivity contribution in [3.8, 4) is 11.1 Å². The molecule has 5 rings (SSSR count). The second-order valence-electron chi connectivity index (χ2n) is 9.34. The molecule has 0 atom stereocenters. The number of fused-ring (bicyclic) bond motifs is 2. The fourth-order valence-electron chi connectivity index (χ4n) is 4.68. The van der Waals surface area contributed by atoms with Gasteiger partial charge >= 0.3 is 0 Å². The minimum atomic E-state index is -0.0800. The van der Waals surface area contributed by atoms with E-state index in [1.54, 1.807) is 17.8 Å². The van der Waals surface area contributed by atoms with Gasteiger partial charge in [-0.2, -0.15) is 5.10 Å². The SMILES string of the molecule is COC1CCC(NC(=O)c2cnn3ccc(-c4c[nH]c5nc(CC(C)C)ncc45)cc23)CC1. The van der Waals surface area contributed by atoms with Crippen molar-refractivity contribution in [2.75, 3.05) is 7.11 Å². The molecular weight excluding hydrogens is 416 g/mol. The number of aromatic amines is 1. The Labute approximate surface area is 192 Å². The minimum Gasteiger partial charge on any atom is -0.381 e. The quantitative estimate of drug-likeness (QED) is 0.464. The van der Waals surface area contributed by atoms with Crippen molar-refractivity contribution < 1.29 is 9.53 Å². The molecule has 0 saturated heterocycles. The predicted octanol–water partition coefficient (Wildman–Crippen LogP) is 4.16. The Kier molecular flexibility index (Phi) is 5.85. The maximum atomic E-state index is 13.1. The predicted molar refractivity (Wildman–Crippen MR) is 127 cm³/mol. The summed E-state index contributed by atoms with van der Waals surface area (Å²) < 4.78 is 7.18. The average Bonchev–Trinajstić information content (AvgIpc) is 3.42. The number of rotatable bonds is 6. The van der Waals surface area contributed by atoms with Gasteiger partial charge in [0, 0.05) is 49.1 Å². The fourth-order valence-corrected chi connectivity index (χ4v) is 4.68. The van der Waals surface area contributed by atoms with Gasteiger partial charge in [-0.1, -0.05) is 13.8 Å². The molecule has 33 heavy (non-hydrogen) atoms. The number of carbonyl (C=O) groups is 1. The first-order valence-corrected chi connectivity index (χ1v) is 11.7. The topological polar surface area (TPSA) is 97.2 Å². The summed E-state index contributed by atoms with van der Waals surface area (Å²) >= 11 is 0. The zero-order chi connectivity index (χ0) is 22.9. The number of H-pyrrole nitrogens is 1. The zero-order valence-electron chi connectivity index (χ0n) is 19.3. The lowest BCUT2D eigenvalue weighted by molar-refractivity contribution is 0.0599. The summed E-state index contributed by atoms with van der Waals surface area (Å²) in [6.45, 7) is 4.32. The Balaban J connectivity index is 1.41. The number of hydrogen-bond donors (Lipinski definition) is 2. The molecule has 1 aliphatic carbocycles. The van der Waals surface area contributed by atoms with Gasteiger partial charge in [-0.3, -0.25) is 4.79 Å². The van der Waals surface area contributed by atoms with Gasteiger partial charge in [0.25, 0.3) is 5.91 Å². The highest BCUT2D eigenvalue weighted by Crippen LogP contribution is 2.29. The van der Waals surface area contributed by atoms with E-state index in [9.17, 15) is 4.79 Å². The van der Waals surface area contributed by atoms with Crippen LogP contribution in [0.1, 0.15) is 55.7 Å². The molecule has 0 aliphatic heterocycles. The zero-order valence-corrected chi connectivity index (χ0v) is 19.3. The molecule has 8 heteroatoms. The van der Waals surface area contributed by atoms with Gasteiger partial charge in [-0.05, 0) is 49.3 Å². The van der Waals surface area contributed by atoms with Gasteiger partial charge < -0.3 is 15.0 Å². The molecule has 1 fully saturated rings. The molecule has 0 unspecified atom stereocenters. The highest BCUT2D eigenvalue weighted by atomic mass is 16.5. The fraction of sp³-hybridized carbons (Fsp3) is 0.440. The molecule has 0 radical (unpaired) electrons. The molecule has 4 aromatic heterocycles. The molecule has 1 amide bonds. The summed E-state index contributed by atoms with van der Waals surface area (Å²) in [6.07, 6.45) is 12.3. The van der Waals surface area contributed by atoms with Crippen LogP contribution in [0.25, 0.3) is 27.7 Å². The van der Waals surface area contributed by atoms with Gasteiger partial charge in [0.05, 0.1) is 23.4 Å². The van der Waals surface area contributed by atoms with Gasteiger partial charge in [-0.25, -0.2) is 14.5 Å². The summed E-state index contributed by atoms with van der Waals surface area (Å²) in [5, 5.41) is 8.54. The number of ether oxygens (including phenoxy) is 1. The number of nitrogens with zero attached hydrogens (tertiary/aromatic N) is 4. The molecule has 0 spiro atoms.